The number of amides is 1. The lowest BCUT2D eigenvalue weighted by Crippen LogP contribution is -2.58. The Morgan fingerprint density at radius 3 is 2.50 bits per heavy atom. The SMILES string of the molecule is CC(CCC(=O)NCCS(=O)(=O)O)C1CCC2C3CCC4CC(O)CC[C@]4(C)C3CC(O)[C@]12C. The molecule has 0 aromatic heterocycles. The van der Waals surface area contributed by atoms with E-state index in [1.54, 1.807) is 0 Å². The summed E-state index contributed by atoms with van der Waals surface area (Å²) in [5.74, 6) is 2.28. The lowest BCUT2D eigenvalue weighted by atomic mass is 9.43. The van der Waals surface area contributed by atoms with Gasteiger partial charge >= 0.3 is 0 Å². The number of carbonyl (C=O) groups excluding carboxylic acids is 1. The lowest BCUT2D eigenvalue weighted by Gasteiger charge is -2.62. The molecular weight excluding hydrogens is 454 g/mol. The van der Waals surface area contributed by atoms with Crippen LogP contribution in [0.25, 0.3) is 0 Å². The molecule has 4 saturated carbocycles. The summed E-state index contributed by atoms with van der Waals surface area (Å²) in [5.41, 5.74) is 0.105. The van der Waals surface area contributed by atoms with Crippen LogP contribution in [0.15, 0.2) is 0 Å². The van der Waals surface area contributed by atoms with E-state index in [2.05, 4.69) is 26.1 Å². The molecule has 4 aliphatic carbocycles. The Kier molecular flexibility index (Phi) is 7.47. The van der Waals surface area contributed by atoms with E-state index in [-0.39, 0.29) is 35.5 Å². The first kappa shape index (κ1) is 26.4. The fourth-order valence-corrected chi connectivity index (χ4v) is 9.49. The molecule has 10 atom stereocenters. The molecule has 8 heteroatoms. The third-order valence-corrected chi connectivity index (χ3v) is 11.7. The maximum atomic E-state index is 12.2. The summed E-state index contributed by atoms with van der Waals surface area (Å²) in [6, 6.07) is 0. The molecule has 0 radical (unpaired) electrons. The lowest BCUT2D eigenvalue weighted by molar-refractivity contribution is -0.174. The average molecular weight is 500 g/mol. The number of fused-ring (bicyclic) bond motifs is 5. The molecule has 0 heterocycles. The molecule has 8 unspecified atom stereocenters. The molecule has 0 aromatic rings. The monoisotopic (exact) mass is 499 g/mol. The van der Waals surface area contributed by atoms with Crippen molar-refractivity contribution < 1.29 is 28.0 Å². The summed E-state index contributed by atoms with van der Waals surface area (Å²) < 4.78 is 30.5. The molecule has 4 rings (SSSR count). The fraction of sp³-hybridized carbons (Fsp3) is 0.962. The predicted molar refractivity (Wildman–Crippen MR) is 130 cm³/mol. The van der Waals surface area contributed by atoms with Crippen LogP contribution in [0.2, 0.25) is 0 Å². The van der Waals surface area contributed by atoms with Gasteiger partial charge in [0.2, 0.25) is 5.91 Å². The van der Waals surface area contributed by atoms with Crippen LogP contribution >= 0.6 is 0 Å². The van der Waals surface area contributed by atoms with Crippen molar-refractivity contribution in [2.45, 2.75) is 97.2 Å². The van der Waals surface area contributed by atoms with E-state index in [9.17, 15) is 23.4 Å². The smallest absolute Gasteiger partial charge is 0.266 e. The highest BCUT2D eigenvalue weighted by Gasteiger charge is 2.63. The van der Waals surface area contributed by atoms with Crippen LogP contribution < -0.4 is 5.32 Å². The summed E-state index contributed by atoms with van der Waals surface area (Å²) in [7, 11) is -4.07. The maximum Gasteiger partial charge on any atom is 0.266 e. The molecule has 0 bridgehead atoms. The summed E-state index contributed by atoms with van der Waals surface area (Å²) in [6.07, 6.45) is 8.93. The van der Waals surface area contributed by atoms with Gasteiger partial charge in [0.15, 0.2) is 0 Å². The van der Waals surface area contributed by atoms with Crippen molar-refractivity contribution in [3.05, 3.63) is 0 Å². The van der Waals surface area contributed by atoms with Crippen molar-refractivity contribution in [1.29, 1.82) is 0 Å². The van der Waals surface area contributed by atoms with Gasteiger partial charge in [0, 0.05) is 13.0 Å². The van der Waals surface area contributed by atoms with Gasteiger partial charge in [0.25, 0.3) is 10.1 Å². The number of nitrogens with one attached hydrogen (secondary N) is 1. The molecular formula is C26H45NO6S. The van der Waals surface area contributed by atoms with Crippen LogP contribution in [-0.2, 0) is 14.9 Å². The highest BCUT2D eigenvalue weighted by Crippen LogP contribution is 2.68. The second-order valence-corrected chi connectivity index (χ2v) is 14.1. The normalized spacial score (nSPS) is 45.1. The van der Waals surface area contributed by atoms with Crippen molar-refractivity contribution >= 4 is 16.0 Å². The molecule has 4 aliphatic rings. The molecule has 7 nitrogen and oxygen atoms in total. The first-order chi connectivity index (χ1) is 15.9. The van der Waals surface area contributed by atoms with Crippen LogP contribution in [0.4, 0.5) is 0 Å². The van der Waals surface area contributed by atoms with Gasteiger partial charge < -0.3 is 15.5 Å². The Labute approximate surface area is 205 Å². The first-order valence-corrected chi connectivity index (χ1v) is 15.0. The van der Waals surface area contributed by atoms with Crippen molar-refractivity contribution in [3.8, 4) is 0 Å². The Balaban J connectivity index is 1.40. The molecule has 4 N–H and O–H groups in total. The number of rotatable bonds is 7. The summed E-state index contributed by atoms with van der Waals surface area (Å²) in [5, 5.41) is 24.5. The molecule has 0 aromatic carbocycles. The standard InChI is InChI=1S/C26H45NO6S/c1-16(4-9-24(30)27-12-13-34(31,32)33)20-7-8-21-19-6-5-17-14-18(28)10-11-25(17,2)22(19)15-23(29)26(20,21)3/h16-23,28-29H,4-15H2,1-3H3,(H,27,30)(H,31,32,33)/t16?,17?,18?,19?,20?,21?,22?,23?,25-,26+/m0/s1. The topological polar surface area (TPSA) is 124 Å². The largest absolute Gasteiger partial charge is 0.393 e. The Hall–Kier alpha value is -0.700. The van der Waals surface area contributed by atoms with Crippen LogP contribution in [-0.4, -0.2) is 53.6 Å². The highest BCUT2D eigenvalue weighted by atomic mass is 32.2. The van der Waals surface area contributed by atoms with Crippen molar-refractivity contribution in [2.75, 3.05) is 12.3 Å². The molecule has 196 valence electrons. The number of carbonyl (C=O) groups is 1. The highest BCUT2D eigenvalue weighted by molar-refractivity contribution is 7.85. The van der Waals surface area contributed by atoms with Gasteiger partial charge in [-0.1, -0.05) is 20.8 Å². The van der Waals surface area contributed by atoms with E-state index in [1.807, 2.05) is 0 Å². The average Bonchev–Trinajstić information content (AvgIpc) is 3.11. The Morgan fingerprint density at radius 1 is 1.06 bits per heavy atom. The second kappa shape index (κ2) is 9.64. The van der Waals surface area contributed by atoms with Gasteiger partial charge in [-0.2, -0.15) is 8.42 Å². The van der Waals surface area contributed by atoms with Crippen molar-refractivity contribution in [1.82, 2.24) is 5.32 Å². The Bertz CT molecular complexity index is 863. The number of aliphatic hydroxyl groups is 2. The third-order valence-electron chi connectivity index (χ3n) is 11.0. The minimum atomic E-state index is -4.07. The van der Waals surface area contributed by atoms with Crippen molar-refractivity contribution in [3.63, 3.8) is 0 Å². The van der Waals surface area contributed by atoms with Gasteiger partial charge in [-0.3, -0.25) is 9.35 Å². The predicted octanol–water partition coefficient (Wildman–Crippen LogP) is 3.40. The van der Waals surface area contributed by atoms with Crippen LogP contribution in [0.5, 0.6) is 0 Å². The molecule has 0 saturated heterocycles. The molecule has 0 aliphatic heterocycles. The van der Waals surface area contributed by atoms with Gasteiger partial charge in [-0.25, -0.2) is 0 Å². The van der Waals surface area contributed by atoms with E-state index in [0.717, 1.165) is 38.5 Å². The summed E-state index contributed by atoms with van der Waals surface area (Å²) in [6.45, 7) is 6.86. The summed E-state index contributed by atoms with van der Waals surface area (Å²) >= 11 is 0. The van der Waals surface area contributed by atoms with Gasteiger partial charge in [0.1, 0.15) is 0 Å². The molecule has 4 fully saturated rings. The van der Waals surface area contributed by atoms with E-state index in [1.165, 1.54) is 12.8 Å². The minimum Gasteiger partial charge on any atom is -0.393 e. The minimum absolute atomic E-state index is 0.0756. The first-order valence-electron chi connectivity index (χ1n) is 13.4. The number of hydrogen-bond acceptors (Lipinski definition) is 5. The van der Waals surface area contributed by atoms with Gasteiger partial charge in [-0.15, -0.1) is 0 Å². The van der Waals surface area contributed by atoms with E-state index in [0.29, 0.717) is 48.3 Å². The van der Waals surface area contributed by atoms with Crippen LogP contribution in [0.1, 0.15) is 85.0 Å². The fourth-order valence-electron chi connectivity index (χ4n) is 9.13. The zero-order valence-electron chi connectivity index (χ0n) is 21.1. The van der Waals surface area contributed by atoms with E-state index in [4.69, 9.17) is 4.55 Å². The van der Waals surface area contributed by atoms with E-state index < -0.39 is 15.9 Å². The Morgan fingerprint density at radius 2 is 1.79 bits per heavy atom. The number of hydrogen-bond donors (Lipinski definition) is 4. The van der Waals surface area contributed by atoms with Crippen molar-refractivity contribution in [2.24, 2.45) is 46.3 Å². The zero-order valence-corrected chi connectivity index (χ0v) is 21.9. The van der Waals surface area contributed by atoms with Crippen LogP contribution in [0, 0.1) is 46.3 Å². The maximum absolute atomic E-state index is 12.2. The molecule has 34 heavy (non-hydrogen) atoms. The quantitative estimate of drug-likeness (QED) is 0.398. The van der Waals surface area contributed by atoms with Crippen LogP contribution in [0.3, 0.4) is 0 Å². The van der Waals surface area contributed by atoms with Gasteiger partial charge in [0.05, 0.1) is 18.0 Å². The summed E-state index contributed by atoms with van der Waals surface area (Å²) in [4.78, 5) is 12.2. The molecule has 1 amide bonds. The molecule has 0 spiro atoms. The van der Waals surface area contributed by atoms with E-state index >= 15 is 0 Å². The second-order valence-electron chi connectivity index (χ2n) is 12.5. The third kappa shape index (κ3) is 4.81. The number of aliphatic hydroxyl groups excluding tert-OH is 2. The zero-order chi connectivity index (χ0) is 24.9. The van der Waals surface area contributed by atoms with Gasteiger partial charge in [-0.05, 0) is 104 Å².